The molecule has 0 amide bonds. The molecule has 0 bridgehead atoms. The average Bonchev–Trinajstić information content (AvgIpc) is 3.44. The molecule has 0 radical (unpaired) electrons. The van der Waals surface area contributed by atoms with Gasteiger partial charge in [0, 0.05) is 38.0 Å². The molecule has 1 aliphatic rings. The van der Waals surface area contributed by atoms with E-state index in [4.69, 9.17) is 0 Å². The maximum Gasteiger partial charge on any atom is 0.0462 e. The Balaban J connectivity index is 1.14. The Labute approximate surface area is 270 Å². The van der Waals surface area contributed by atoms with Gasteiger partial charge in [0.15, 0.2) is 0 Å². The van der Waals surface area contributed by atoms with E-state index in [1.807, 2.05) is 11.3 Å². The summed E-state index contributed by atoms with van der Waals surface area (Å²) in [5.74, 6) is 0.307. The molecule has 1 atom stereocenters. The van der Waals surface area contributed by atoms with Crippen molar-refractivity contribution >= 4 is 38.5 Å². The molecule has 0 saturated carbocycles. The summed E-state index contributed by atoms with van der Waals surface area (Å²) in [6.45, 7) is 4.82. The Bertz CT molecular complexity index is 2050. The Morgan fingerprint density at radius 1 is 0.556 bits per heavy atom. The highest BCUT2D eigenvalue weighted by Gasteiger charge is 2.37. The molecule has 1 heterocycles. The summed E-state index contributed by atoms with van der Waals surface area (Å²) in [6.07, 6.45) is 1.02. The molecule has 1 unspecified atom stereocenters. The van der Waals surface area contributed by atoms with Crippen LogP contribution in [0, 0.1) is 0 Å². The first kappa shape index (κ1) is 27.6. The summed E-state index contributed by atoms with van der Waals surface area (Å²) in [7, 11) is 0. The fraction of sp³-hybridized carbons (Fsp3) is 0.116. The van der Waals surface area contributed by atoms with Crippen molar-refractivity contribution in [3.63, 3.8) is 0 Å². The first-order valence-corrected chi connectivity index (χ1v) is 16.6. The molecule has 0 aliphatic heterocycles. The number of nitrogens with zero attached hydrogens (tertiary/aromatic N) is 1. The topological polar surface area (TPSA) is 3.24 Å². The van der Waals surface area contributed by atoms with Crippen LogP contribution in [0.25, 0.3) is 21.2 Å². The van der Waals surface area contributed by atoms with Gasteiger partial charge in [-0.2, -0.15) is 0 Å². The van der Waals surface area contributed by atoms with Crippen molar-refractivity contribution in [1.82, 2.24) is 0 Å². The van der Waals surface area contributed by atoms with Gasteiger partial charge < -0.3 is 4.90 Å². The molecule has 1 aromatic heterocycles. The van der Waals surface area contributed by atoms with Gasteiger partial charge in [-0.05, 0) is 87.7 Å². The van der Waals surface area contributed by atoms with E-state index in [0.29, 0.717) is 5.92 Å². The van der Waals surface area contributed by atoms with Crippen LogP contribution in [0.2, 0.25) is 0 Å². The van der Waals surface area contributed by atoms with Gasteiger partial charge in [-0.1, -0.05) is 129 Å². The van der Waals surface area contributed by atoms with Gasteiger partial charge in [-0.25, -0.2) is 0 Å². The van der Waals surface area contributed by atoms with Crippen LogP contribution in [-0.4, -0.2) is 0 Å². The highest BCUT2D eigenvalue weighted by Crippen LogP contribution is 2.50. The number of para-hydroxylation sites is 2. The molecule has 2 heteroatoms. The van der Waals surface area contributed by atoms with E-state index in [-0.39, 0.29) is 5.41 Å². The van der Waals surface area contributed by atoms with Gasteiger partial charge >= 0.3 is 0 Å². The lowest BCUT2D eigenvalue weighted by Gasteiger charge is -2.27. The third-order valence-corrected chi connectivity index (χ3v) is 11.0. The second-order valence-electron chi connectivity index (χ2n) is 12.6. The second-order valence-corrected chi connectivity index (χ2v) is 13.6. The lowest BCUT2D eigenvalue weighted by Crippen LogP contribution is -2.19. The Hall–Kier alpha value is -4.92. The molecule has 0 saturated heterocycles. The Morgan fingerprint density at radius 3 is 1.76 bits per heavy atom. The highest BCUT2D eigenvalue weighted by atomic mass is 32.1. The molecule has 218 valence electrons. The molecule has 45 heavy (non-hydrogen) atoms. The monoisotopic (exact) mass is 597 g/mol. The van der Waals surface area contributed by atoms with Crippen LogP contribution < -0.4 is 4.90 Å². The first-order valence-electron chi connectivity index (χ1n) is 15.8. The maximum absolute atomic E-state index is 2.41. The molecule has 0 fully saturated rings. The molecule has 1 nitrogen and oxygen atoms in total. The third-order valence-electron chi connectivity index (χ3n) is 9.48. The maximum atomic E-state index is 2.41. The van der Waals surface area contributed by atoms with E-state index in [2.05, 4.69) is 176 Å². The van der Waals surface area contributed by atoms with Crippen molar-refractivity contribution in [2.45, 2.75) is 31.6 Å². The minimum atomic E-state index is -0.0422. The largest absolute Gasteiger partial charge is 0.311 e. The van der Waals surface area contributed by atoms with Crippen molar-refractivity contribution in [2.75, 3.05) is 4.90 Å². The predicted molar refractivity (Wildman–Crippen MR) is 193 cm³/mol. The molecule has 0 N–H and O–H groups in total. The summed E-state index contributed by atoms with van der Waals surface area (Å²) in [5, 5.41) is 1.42. The van der Waals surface area contributed by atoms with Gasteiger partial charge in [-0.15, -0.1) is 11.3 Å². The van der Waals surface area contributed by atoms with Crippen LogP contribution in [0.15, 0.2) is 158 Å². The average molecular weight is 598 g/mol. The van der Waals surface area contributed by atoms with Crippen molar-refractivity contribution < 1.29 is 0 Å². The van der Waals surface area contributed by atoms with Crippen LogP contribution >= 0.6 is 11.3 Å². The zero-order valence-electron chi connectivity index (χ0n) is 25.7. The number of anilines is 3. The standard InChI is InChI=1S/C43H35NS/c1-43(2)40-19-11-9-17-36(40)38(29-39-37-18-10-12-20-41(37)45-42(39)43)32-23-21-30(22-24-32)31-25-27-35(28-26-31)44(33-13-5-3-6-14-33)34-15-7-4-8-16-34/h3-28,38H,29H2,1-2H3. The zero-order chi connectivity index (χ0) is 30.4. The van der Waals surface area contributed by atoms with E-state index in [9.17, 15) is 0 Å². The number of fused-ring (bicyclic) bond motifs is 4. The predicted octanol–water partition coefficient (Wildman–Crippen LogP) is 12.1. The zero-order valence-corrected chi connectivity index (χ0v) is 26.5. The fourth-order valence-electron chi connectivity index (χ4n) is 7.22. The lowest BCUT2D eigenvalue weighted by molar-refractivity contribution is 0.650. The van der Waals surface area contributed by atoms with Gasteiger partial charge in [0.1, 0.15) is 0 Å². The third kappa shape index (κ3) is 4.87. The van der Waals surface area contributed by atoms with Crippen molar-refractivity contribution in [2.24, 2.45) is 0 Å². The molecule has 8 rings (SSSR count). The summed E-state index contributed by atoms with van der Waals surface area (Å²) in [6, 6.07) is 57.5. The summed E-state index contributed by atoms with van der Waals surface area (Å²) >= 11 is 1.98. The summed E-state index contributed by atoms with van der Waals surface area (Å²) in [4.78, 5) is 3.82. The summed E-state index contributed by atoms with van der Waals surface area (Å²) in [5.41, 5.74) is 11.6. The molecule has 0 spiro atoms. The molecule has 1 aliphatic carbocycles. The smallest absolute Gasteiger partial charge is 0.0462 e. The second kappa shape index (κ2) is 11.2. The van der Waals surface area contributed by atoms with E-state index < -0.39 is 0 Å². The van der Waals surface area contributed by atoms with Gasteiger partial charge in [-0.3, -0.25) is 0 Å². The minimum Gasteiger partial charge on any atom is -0.311 e. The first-order chi connectivity index (χ1) is 22.1. The van der Waals surface area contributed by atoms with Crippen molar-refractivity contribution in [3.05, 3.63) is 185 Å². The molecule has 7 aromatic rings. The van der Waals surface area contributed by atoms with E-state index >= 15 is 0 Å². The number of hydrogen-bond acceptors (Lipinski definition) is 2. The van der Waals surface area contributed by atoms with Crippen LogP contribution in [0.1, 0.15) is 46.9 Å². The van der Waals surface area contributed by atoms with Gasteiger partial charge in [0.05, 0.1) is 0 Å². The van der Waals surface area contributed by atoms with E-state index in [1.54, 1.807) is 0 Å². The Kier molecular flexibility index (Phi) is 6.88. The number of hydrogen-bond donors (Lipinski definition) is 0. The molecular formula is C43H35NS. The lowest BCUT2D eigenvalue weighted by atomic mass is 9.78. The van der Waals surface area contributed by atoms with E-state index in [0.717, 1.165) is 23.5 Å². The van der Waals surface area contributed by atoms with Crippen LogP contribution in [0.5, 0.6) is 0 Å². The molecular weight excluding hydrogens is 563 g/mol. The quantitative estimate of drug-likeness (QED) is 0.191. The number of benzene rings is 6. The minimum absolute atomic E-state index is 0.0422. The highest BCUT2D eigenvalue weighted by molar-refractivity contribution is 7.19. The number of rotatable bonds is 5. The van der Waals surface area contributed by atoms with Crippen LogP contribution in [-0.2, 0) is 11.8 Å². The SMILES string of the molecule is CC1(C)c2ccccc2C(c2ccc(-c3ccc(N(c4ccccc4)c4ccccc4)cc3)cc2)Cc2c1sc1ccccc21. The van der Waals surface area contributed by atoms with Crippen molar-refractivity contribution in [3.8, 4) is 11.1 Å². The van der Waals surface area contributed by atoms with E-state index in [1.165, 1.54) is 48.3 Å². The normalized spacial score (nSPS) is 15.2. The van der Waals surface area contributed by atoms with Crippen LogP contribution in [0.3, 0.4) is 0 Å². The summed E-state index contributed by atoms with van der Waals surface area (Å²) < 4.78 is 1.39. The van der Waals surface area contributed by atoms with Crippen LogP contribution in [0.4, 0.5) is 17.1 Å². The van der Waals surface area contributed by atoms with Gasteiger partial charge in [0.2, 0.25) is 0 Å². The van der Waals surface area contributed by atoms with Gasteiger partial charge in [0.25, 0.3) is 0 Å². The fourth-order valence-corrected chi connectivity index (χ4v) is 8.57. The van der Waals surface area contributed by atoms with Crippen molar-refractivity contribution in [1.29, 1.82) is 0 Å². The molecule has 6 aromatic carbocycles. The Morgan fingerprint density at radius 2 is 1.09 bits per heavy atom. The number of thiophene rings is 1.